The molecule has 1 saturated carbocycles. The molecule has 3 aromatic carbocycles. The molecule has 1 aliphatic carbocycles. The molecule has 0 radical (unpaired) electrons. The van der Waals surface area contributed by atoms with Gasteiger partial charge in [-0.25, -0.2) is 4.79 Å². The Kier molecular flexibility index (Phi) is 6.31. The van der Waals surface area contributed by atoms with Crippen molar-refractivity contribution in [3.05, 3.63) is 104 Å². The minimum Gasteiger partial charge on any atom is -0.478 e. The number of thioether (sulfide) groups is 1. The van der Waals surface area contributed by atoms with E-state index in [1.54, 1.807) is 36.4 Å². The first-order valence-electron chi connectivity index (χ1n) is 11.2. The molecule has 11 heteroatoms. The molecule has 0 bridgehead atoms. The number of para-hydroxylation sites is 1. The summed E-state index contributed by atoms with van der Waals surface area (Å²) in [5.41, 5.74) is 2.34. The third kappa shape index (κ3) is 4.27. The molecule has 0 aromatic heterocycles. The number of alkyl halides is 1. The number of non-ortho nitro benzene ring substituents is 1. The maximum absolute atomic E-state index is 11.7. The van der Waals surface area contributed by atoms with Gasteiger partial charge in [0.1, 0.15) is 0 Å². The normalized spacial score (nSPS) is 24.3. The van der Waals surface area contributed by atoms with E-state index in [2.05, 4.69) is 5.32 Å². The van der Waals surface area contributed by atoms with Crippen LogP contribution in [0.2, 0.25) is 0 Å². The first kappa shape index (κ1) is 24.1. The predicted octanol–water partition coefficient (Wildman–Crippen LogP) is 6.24. The molecule has 1 aliphatic heterocycles. The van der Waals surface area contributed by atoms with Crippen LogP contribution in [0.1, 0.15) is 39.9 Å². The van der Waals surface area contributed by atoms with Gasteiger partial charge < -0.3 is 10.4 Å². The van der Waals surface area contributed by atoms with E-state index in [1.807, 2.05) is 6.07 Å². The lowest BCUT2D eigenvalue weighted by Gasteiger charge is -2.38. The van der Waals surface area contributed by atoms with E-state index in [-0.39, 0.29) is 40.1 Å². The van der Waals surface area contributed by atoms with Gasteiger partial charge in [-0.1, -0.05) is 24.3 Å². The quantitative estimate of drug-likeness (QED) is 0.219. The van der Waals surface area contributed by atoms with E-state index >= 15 is 0 Å². The lowest BCUT2D eigenvalue weighted by Crippen LogP contribution is -2.31. The van der Waals surface area contributed by atoms with Gasteiger partial charge in [-0.3, -0.25) is 20.2 Å². The highest BCUT2D eigenvalue weighted by Gasteiger charge is 2.50. The van der Waals surface area contributed by atoms with Crippen molar-refractivity contribution in [1.29, 1.82) is 0 Å². The highest BCUT2D eigenvalue weighted by atomic mass is 35.5. The summed E-state index contributed by atoms with van der Waals surface area (Å²) in [4.78, 5) is 34.3. The van der Waals surface area contributed by atoms with Crippen molar-refractivity contribution < 1.29 is 19.7 Å². The second-order valence-electron chi connectivity index (χ2n) is 8.83. The molecule has 0 spiro atoms. The lowest BCUT2D eigenvalue weighted by molar-refractivity contribution is -0.387. The largest absolute Gasteiger partial charge is 0.478 e. The standard InChI is InChI=1S/C25H20ClN3O6S/c26-23-21(36-20-7-2-1-6-19(20)29(34)35)12-17-22(23)16-11-14(25(30)31)8-9-18(16)27-24(17)13-4-3-5-15(10-13)28(32)33/h1-11,17,21-24,27H,12H2,(H,30,31). The summed E-state index contributed by atoms with van der Waals surface area (Å²) in [5.74, 6) is -1.43. The van der Waals surface area contributed by atoms with Crippen LogP contribution in [0.3, 0.4) is 0 Å². The number of rotatable bonds is 6. The second kappa shape index (κ2) is 9.44. The molecule has 2 N–H and O–H groups in total. The molecule has 5 atom stereocenters. The van der Waals surface area contributed by atoms with Crippen molar-refractivity contribution in [3.8, 4) is 0 Å². The van der Waals surface area contributed by atoms with Crippen LogP contribution in [0, 0.1) is 26.1 Å². The van der Waals surface area contributed by atoms with Gasteiger partial charge in [-0.15, -0.1) is 23.4 Å². The number of anilines is 1. The van der Waals surface area contributed by atoms with Gasteiger partial charge in [0, 0.05) is 35.1 Å². The van der Waals surface area contributed by atoms with Gasteiger partial charge in [0.25, 0.3) is 11.4 Å². The Bertz CT molecular complexity index is 1390. The molecule has 36 heavy (non-hydrogen) atoms. The third-order valence-corrected chi connectivity index (χ3v) is 8.95. The van der Waals surface area contributed by atoms with Crippen molar-refractivity contribution in [2.75, 3.05) is 5.32 Å². The van der Waals surface area contributed by atoms with E-state index in [0.717, 1.165) is 16.8 Å². The van der Waals surface area contributed by atoms with Gasteiger partial charge >= 0.3 is 5.97 Å². The van der Waals surface area contributed by atoms with Crippen LogP contribution in [-0.2, 0) is 0 Å². The number of aromatic carboxylic acids is 1. The van der Waals surface area contributed by atoms with Crippen LogP contribution in [0.15, 0.2) is 71.6 Å². The fourth-order valence-electron chi connectivity index (χ4n) is 5.28. The fourth-order valence-corrected chi connectivity index (χ4v) is 7.23. The zero-order chi connectivity index (χ0) is 25.6. The Morgan fingerprint density at radius 2 is 1.81 bits per heavy atom. The average Bonchev–Trinajstić information content (AvgIpc) is 3.19. The molecule has 184 valence electrons. The van der Waals surface area contributed by atoms with E-state index in [1.165, 1.54) is 36.0 Å². The number of nitrogens with zero attached hydrogens (tertiary/aromatic N) is 2. The Morgan fingerprint density at radius 1 is 1.03 bits per heavy atom. The Hall–Kier alpha value is -3.63. The van der Waals surface area contributed by atoms with Crippen LogP contribution >= 0.6 is 23.4 Å². The number of nitro groups is 2. The van der Waals surface area contributed by atoms with Gasteiger partial charge in [0.2, 0.25) is 0 Å². The number of hydrogen-bond acceptors (Lipinski definition) is 7. The molecular weight excluding hydrogens is 506 g/mol. The summed E-state index contributed by atoms with van der Waals surface area (Å²) in [7, 11) is 0. The number of fused-ring (bicyclic) bond motifs is 3. The van der Waals surface area contributed by atoms with Gasteiger partial charge in [-0.05, 0) is 47.7 Å². The summed E-state index contributed by atoms with van der Waals surface area (Å²) < 4.78 is 0. The van der Waals surface area contributed by atoms with E-state index < -0.39 is 21.2 Å². The van der Waals surface area contributed by atoms with Crippen LogP contribution < -0.4 is 5.32 Å². The highest BCUT2D eigenvalue weighted by Crippen LogP contribution is 2.58. The zero-order valence-corrected chi connectivity index (χ0v) is 20.2. The number of carboxylic acid groups (broad SMARTS) is 1. The first-order valence-corrected chi connectivity index (χ1v) is 12.5. The Labute approximate surface area is 214 Å². The highest BCUT2D eigenvalue weighted by molar-refractivity contribution is 8.00. The van der Waals surface area contributed by atoms with Gasteiger partial charge in [0.05, 0.1) is 31.7 Å². The number of halogens is 1. The lowest BCUT2D eigenvalue weighted by atomic mass is 9.76. The first-order chi connectivity index (χ1) is 17.2. The Balaban J connectivity index is 1.57. The molecule has 9 nitrogen and oxygen atoms in total. The minimum absolute atomic E-state index is 0.00293. The smallest absolute Gasteiger partial charge is 0.335 e. The summed E-state index contributed by atoms with van der Waals surface area (Å²) in [5, 5.41) is 35.3. The van der Waals surface area contributed by atoms with E-state index in [9.17, 15) is 30.1 Å². The summed E-state index contributed by atoms with van der Waals surface area (Å²) in [6.07, 6.45) is 0.576. The second-order valence-corrected chi connectivity index (χ2v) is 10.6. The number of nitro benzene ring substituents is 2. The molecule has 5 rings (SSSR count). The SMILES string of the molecule is O=C(O)c1ccc2c(c1)C1C(Cl)C(Sc3ccccc3[N+](=O)[O-])CC1C(c1cccc([N+](=O)[O-])c1)N2. The van der Waals surface area contributed by atoms with Gasteiger partial charge in [0.15, 0.2) is 0 Å². The van der Waals surface area contributed by atoms with Crippen LogP contribution in [0.4, 0.5) is 17.1 Å². The third-order valence-electron chi connectivity index (χ3n) is 6.84. The number of carboxylic acids is 1. The Morgan fingerprint density at radius 3 is 2.53 bits per heavy atom. The molecule has 1 fully saturated rings. The van der Waals surface area contributed by atoms with Crippen LogP contribution in [0.25, 0.3) is 0 Å². The number of benzene rings is 3. The summed E-state index contributed by atoms with van der Waals surface area (Å²) in [6, 6.07) is 17.5. The molecule has 2 aliphatic rings. The summed E-state index contributed by atoms with van der Waals surface area (Å²) in [6.45, 7) is 0. The maximum atomic E-state index is 11.7. The minimum atomic E-state index is -1.05. The summed E-state index contributed by atoms with van der Waals surface area (Å²) >= 11 is 8.40. The van der Waals surface area contributed by atoms with Crippen LogP contribution in [0.5, 0.6) is 0 Å². The van der Waals surface area contributed by atoms with E-state index in [0.29, 0.717) is 11.3 Å². The molecular formula is C25H20ClN3O6S. The molecule has 3 aromatic rings. The van der Waals surface area contributed by atoms with Crippen molar-refractivity contribution in [1.82, 2.24) is 0 Å². The number of carbonyl (C=O) groups is 1. The fraction of sp³-hybridized carbons (Fsp3) is 0.240. The molecule has 0 saturated heterocycles. The zero-order valence-electron chi connectivity index (χ0n) is 18.6. The van der Waals surface area contributed by atoms with Crippen molar-refractivity contribution in [3.63, 3.8) is 0 Å². The van der Waals surface area contributed by atoms with E-state index in [4.69, 9.17) is 11.6 Å². The molecule has 5 unspecified atom stereocenters. The van der Waals surface area contributed by atoms with Crippen LogP contribution in [-0.4, -0.2) is 31.5 Å². The van der Waals surface area contributed by atoms with Gasteiger partial charge in [-0.2, -0.15) is 0 Å². The molecule has 0 amide bonds. The van der Waals surface area contributed by atoms with Crippen molar-refractivity contribution in [2.24, 2.45) is 5.92 Å². The molecule has 1 heterocycles. The predicted molar refractivity (Wildman–Crippen MR) is 136 cm³/mol. The average molecular weight is 526 g/mol. The topological polar surface area (TPSA) is 136 Å². The van der Waals surface area contributed by atoms with Crippen molar-refractivity contribution in [2.45, 2.75) is 33.9 Å². The monoisotopic (exact) mass is 525 g/mol. The maximum Gasteiger partial charge on any atom is 0.335 e. The number of hydrogen-bond donors (Lipinski definition) is 2. The van der Waals surface area contributed by atoms with Crippen molar-refractivity contribution >= 4 is 46.4 Å². The number of nitrogens with one attached hydrogen (secondary N) is 1.